The van der Waals surface area contributed by atoms with Crippen molar-refractivity contribution in [3.05, 3.63) is 35.2 Å². The number of hydrogen-bond acceptors (Lipinski definition) is 6. The number of anilines is 1. The van der Waals surface area contributed by atoms with Crippen LogP contribution in [0, 0.1) is 6.92 Å². The minimum Gasteiger partial charge on any atom is -0.361 e. The van der Waals surface area contributed by atoms with Gasteiger partial charge < -0.3 is 14.7 Å². The van der Waals surface area contributed by atoms with Crippen molar-refractivity contribution in [2.24, 2.45) is 0 Å². The van der Waals surface area contributed by atoms with Crippen molar-refractivity contribution in [2.75, 3.05) is 11.9 Å². The number of rotatable bonds is 3. The Morgan fingerprint density at radius 2 is 2.23 bits per heavy atom. The van der Waals surface area contributed by atoms with Crippen LogP contribution < -0.4 is 5.32 Å². The van der Waals surface area contributed by atoms with Crippen molar-refractivity contribution in [1.82, 2.24) is 18.8 Å². The molecule has 1 aromatic carbocycles. The lowest BCUT2D eigenvalue weighted by molar-refractivity contribution is 0.204. The molecule has 2 aromatic heterocycles. The molecule has 1 unspecified atom stereocenters. The van der Waals surface area contributed by atoms with E-state index < -0.39 is 0 Å². The molecule has 0 bridgehead atoms. The van der Waals surface area contributed by atoms with Crippen molar-refractivity contribution in [1.29, 1.82) is 0 Å². The van der Waals surface area contributed by atoms with Crippen LogP contribution in [-0.2, 0) is 0 Å². The third-order valence-corrected chi connectivity index (χ3v) is 5.38. The maximum atomic E-state index is 13.0. The highest BCUT2D eigenvalue weighted by Gasteiger charge is 2.33. The number of benzene rings is 1. The molecule has 0 spiro atoms. The first-order valence-corrected chi connectivity index (χ1v) is 9.53. The van der Waals surface area contributed by atoms with Gasteiger partial charge in [0.1, 0.15) is 22.5 Å². The quantitative estimate of drug-likeness (QED) is 0.734. The molecule has 1 atom stereocenters. The van der Waals surface area contributed by atoms with Crippen LogP contribution in [0.1, 0.15) is 55.7 Å². The lowest BCUT2D eigenvalue weighted by Gasteiger charge is -2.23. The van der Waals surface area contributed by atoms with Crippen LogP contribution in [0.15, 0.2) is 22.7 Å². The summed E-state index contributed by atoms with van der Waals surface area (Å²) in [5, 5.41) is 7.24. The molecule has 136 valence electrons. The molecule has 3 aromatic rings. The van der Waals surface area contributed by atoms with Gasteiger partial charge in [0.2, 0.25) is 0 Å². The first kappa shape index (κ1) is 17.0. The molecular formula is C18H21N5O2S. The first-order chi connectivity index (χ1) is 12.5. The van der Waals surface area contributed by atoms with E-state index in [-0.39, 0.29) is 18.0 Å². The number of urea groups is 1. The standard InChI is InChI=1S/C18H21N5O2S/c1-10(2)15-9-13(20-25-15)14-5-4-8-23(14)18(24)19-16-11(3)6-7-12-17(16)22-26-21-12/h6-7,9-10,14H,4-5,8H2,1-3H3,(H,19,24). The van der Waals surface area contributed by atoms with Gasteiger partial charge in [-0.05, 0) is 31.4 Å². The Balaban J connectivity index is 1.58. The Bertz CT molecular complexity index is 948. The van der Waals surface area contributed by atoms with Crippen LogP contribution in [0.3, 0.4) is 0 Å². The van der Waals surface area contributed by atoms with E-state index in [1.54, 1.807) is 0 Å². The molecule has 2 amide bonds. The lowest BCUT2D eigenvalue weighted by atomic mass is 10.1. The van der Waals surface area contributed by atoms with Crippen LogP contribution in [0.2, 0.25) is 0 Å². The Labute approximate surface area is 155 Å². The molecule has 1 fully saturated rings. The minimum atomic E-state index is -0.134. The number of nitrogens with zero attached hydrogens (tertiary/aromatic N) is 4. The van der Waals surface area contributed by atoms with Gasteiger partial charge in [0.05, 0.1) is 23.5 Å². The van der Waals surface area contributed by atoms with Crippen molar-refractivity contribution >= 4 is 34.5 Å². The summed E-state index contributed by atoms with van der Waals surface area (Å²) in [4.78, 5) is 14.8. The molecule has 4 rings (SSSR count). The highest BCUT2D eigenvalue weighted by atomic mass is 32.1. The van der Waals surface area contributed by atoms with Gasteiger partial charge in [0, 0.05) is 18.5 Å². The molecule has 1 N–H and O–H groups in total. The zero-order chi connectivity index (χ0) is 18.3. The number of amides is 2. The predicted octanol–water partition coefficient (Wildman–Crippen LogP) is 4.48. The molecule has 1 aliphatic heterocycles. The van der Waals surface area contributed by atoms with Crippen molar-refractivity contribution in [3.8, 4) is 0 Å². The van der Waals surface area contributed by atoms with Crippen LogP contribution in [0.5, 0.6) is 0 Å². The average molecular weight is 371 g/mol. The minimum absolute atomic E-state index is 0.0562. The smallest absolute Gasteiger partial charge is 0.322 e. The summed E-state index contributed by atoms with van der Waals surface area (Å²) >= 11 is 1.15. The Morgan fingerprint density at radius 3 is 3.00 bits per heavy atom. The van der Waals surface area contributed by atoms with Gasteiger partial charge in [0.25, 0.3) is 0 Å². The van der Waals surface area contributed by atoms with Crippen molar-refractivity contribution < 1.29 is 9.32 Å². The summed E-state index contributed by atoms with van der Waals surface area (Å²) < 4.78 is 14.0. The topological polar surface area (TPSA) is 84.2 Å². The molecule has 7 nitrogen and oxygen atoms in total. The van der Waals surface area contributed by atoms with E-state index >= 15 is 0 Å². The molecule has 1 saturated heterocycles. The average Bonchev–Trinajstić information content (AvgIpc) is 3.36. The molecule has 0 aliphatic carbocycles. The number of aryl methyl sites for hydroxylation is 1. The van der Waals surface area contributed by atoms with E-state index in [2.05, 4.69) is 33.1 Å². The lowest BCUT2D eigenvalue weighted by Crippen LogP contribution is -2.34. The Morgan fingerprint density at radius 1 is 1.38 bits per heavy atom. The van der Waals surface area contributed by atoms with Gasteiger partial charge in [-0.25, -0.2) is 4.79 Å². The SMILES string of the molecule is Cc1ccc2nsnc2c1NC(=O)N1CCCC1c1cc(C(C)C)on1. The van der Waals surface area contributed by atoms with Crippen LogP contribution in [0.25, 0.3) is 11.0 Å². The number of nitrogens with one attached hydrogen (secondary N) is 1. The third kappa shape index (κ3) is 2.94. The van der Waals surface area contributed by atoms with E-state index in [1.807, 2.05) is 30.0 Å². The van der Waals surface area contributed by atoms with Crippen molar-refractivity contribution in [3.63, 3.8) is 0 Å². The summed E-state index contributed by atoms with van der Waals surface area (Å²) in [6.45, 7) is 6.79. The maximum absolute atomic E-state index is 13.0. The van der Waals surface area contributed by atoms with E-state index in [1.165, 1.54) is 0 Å². The van der Waals surface area contributed by atoms with Gasteiger partial charge in [-0.3, -0.25) is 0 Å². The summed E-state index contributed by atoms with van der Waals surface area (Å²) in [5.41, 5.74) is 4.06. The number of carbonyl (C=O) groups is 1. The normalized spacial score (nSPS) is 17.4. The van der Waals surface area contributed by atoms with Crippen LogP contribution in [0.4, 0.5) is 10.5 Å². The van der Waals surface area contributed by atoms with E-state index in [0.717, 1.165) is 58.3 Å². The molecule has 8 heteroatoms. The van der Waals surface area contributed by atoms with Gasteiger partial charge in [-0.1, -0.05) is 25.1 Å². The number of likely N-dealkylation sites (tertiary alicyclic amines) is 1. The third-order valence-electron chi connectivity index (χ3n) is 4.84. The van der Waals surface area contributed by atoms with Gasteiger partial charge in [-0.15, -0.1) is 0 Å². The first-order valence-electron chi connectivity index (χ1n) is 8.80. The van der Waals surface area contributed by atoms with Crippen LogP contribution >= 0.6 is 11.7 Å². The molecule has 0 radical (unpaired) electrons. The number of fused-ring (bicyclic) bond motifs is 1. The summed E-state index contributed by atoms with van der Waals surface area (Å²) in [7, 11) is 0. The fourth-order valence-corrected chi connectivity index (χ4v) is 3.88. The zero-order valence-corrected chi connectivity index (χ0v) is 15.8. The van der Waals surface area contributed by atoms with E-state index in [9.17, 15) is 4.79 Å². The van der Waals surface area contributed by atoms with E-state index in [4.69, 9.17) is 4.52 Å². The summed E-state index contributed by atoms with van der Waals surface area (Å²) in [5.74, 6) is 1.12. The second kappa shape index (κ2) is 6.68. The highest BCUT2D eigenvalue weighted by Crippen LogP contribution is 2.34. The van der Waals surface area contributed by atoms with Gasteiger partial charge in [-0.2, -0.15) is 8.75 Å². The van der Waals surface area contributed by atoms with Gasteiger partial charge in [0.15, 0.2) is 0 Å². The van der Waals surface area contributed by atoms with E-state index in [0.29, 0.717) is 6.54 Å². The fourth-order valence-electron chi connectivity index (χ4n) is 3.34. The molecule has 3 heterocycles. The fraction of sp³-hybridized carbons (Fsp3) is 0.444. The van der Waals surface area contributed by atoms with Crippen molar-refractivity contribution in [2.45, 2.75) is 45.6 Å². The Hall–Kier alpha value is -2.48. The summed E-state index contributed by atoms with van der Waals surface area (Å²) in [6, 6.07) is 5.65. The second-order valence-corrected chi connectivity index (χ2v) is 7.51. The number of carbonyl (C=O) groups excluding carboxylic acids is 1. The summed E-state index contributed by atoms with van der Waals surface area (Å²) in [6.07, 6.45) is 1.84. The highest BCUT2D eigenvalue weighted by molar-refractivity contribution is 7.00. The molecule has 1 aliphatic rings. The second-order valence-electron chi connectivity index (χ2n) is 6.98. The van der Waals surface area contributed by atoms with Crippen LogP contribution in [-0.4, -0.2) is 31.4 Å². The Kier molecular flexibility index (Phi) is 4.36. The molecular weight excluding hydrogens is 350 g/mol. The molecule has 26 heavy (non-hydrogen) atoms. The maximum Gasteiger partial charge on any atom is 0.322 e. The zero-order valence-electron chi connectivity index (χ0n) is 15.0. The number of hydrogen-bond donors (Lipinski definition) is 1. The predicted molar refractivity (Wildman–Crippen MR) is 100 cm³/mol. The number of aromatic nitrogens is 3. The molecule has 0 saturated carbocycles. The van der Waals surface area contributed by atoms with Gasteiger partial charge >= 0.3 is 6.03 Å². The monoisotopic (exact) mass is 371 g/mol. The largest absolute Gasteiger partial charge is 0.361 e.